The Morgan fingerprint density at radius 2 is 1.71 bits per heavy atom. The molecule has 0 spiro atoms. The maximum absolute atomic E-state index is 12.8. The van der Waals surface area contributed by atoms with Crippen LogP contribution in [0.15, 0.2) is 0 Å². The predicted molar refractivity (Wildman–Crippen MR) is 27.3 cm³/mol. The Morgan fingerprint density at radius 3 is 2.00 bits per heavy atom. The summed E-state index contributed by atoms with van der Waals surface area (Å²) in [4.78, 5) is 10.0. The largest absolute Gasteiger partial charge is 0.516 e. The van der Waals surface area contributed by atoms with Crippen LogP contribution in [0.5, 0.6) is 0 Å². The summed E-state index contributed by atoms with van der Waals surface area (Å²) in [6, 6.07) is 0. The fraction of sp³-hybridized carbons (Fsp3) is 0.800. The second-order valence-electron chi connectivity index (χ2n) is 2.40. The van der Waals surface area contributed by atoms with Crippen LogP contribution in [0.4, 0.5) is 31.1 Å². The highest BCUT2D eigenvalue weighted by atomic mass is 19.3. The molecule has 1 unspecified atom stereocenters. The van der Waals surface area contributed by atoms with Crippen molar-refractivity contribution < 1.29 is 40.6 Å². The van der Waals surface area contributed by atoms with Crippen molar-refractivity contribution in [3.63, 3.8) is 0 Å². The Labute approximate surface area is 72.6 Å². The van der Waals surface area contributed by atoms with Crippen LogP contribution in [-0.4, -0.2) is 30.7 Å². The molecule has 1 rings (SSSR count). The Hall–Kier alpha value is -1.15. The number of rotatable bonds is 2. The van der Waals surface area contributed by atoms with Gasteiger partial charge in [0.2, 0.25) is 0 Å². The molecule has 1 heterocycles. The number of carbonyl (C=O) groups is 1. The summed E-state index contributed by atoms with van der Waals surface area (Å²) in [5, 5.41) is 0. The van der Waals surface area contributed by atoms with Gasteiger partial charge >= 0.3 is 24.0 Å². The number of halogens is 6. The van der Waals surface area contributed by atoms with Gasteiger partial charge in [-0.1, -0.05) is 0 Å². The first kappa shape index (κ1) is 10.9. The molecule has 0 aliphatic carbocycles. The third-order valence-electron chi connectivity index (χ3n) is 1.45. The van der Waals surface area contributed by atoms with Gasteiger partial charge in [-0.05, 0) is 0 Å². The van der Waals surface area contributed by atoms with E-state index in [2.05, 4.69) is 9.47 Å². The first-order chi connectivity index (χ1) is 6.16. The highest BCUT2D eigenvalue weighted by molar-refractivity contribution is 5.63. The van der Waals surface area contributed by atoms with Crippen molar-refractivity contribution in [3.05, 3.63) is 0 Å². The second-order valence-corrected chi connectivity index (χ2v) is 2.40. The maximum Gasteiger partial charge on any atom is 0.516 e. The lowest BCUT2D eigenvalue weighted by atomic mass is 10.1. The van der Waals surface area contributed by atoms with Gasteiger partial charge in [0.1, 0.15) is 0 Å². The van der Waals surface area contributed by atoms with Crippen LogP contribution >= 0.6 is 0 Å². The van der Waals surface area contributed by atoms with Crippen LogP contribution in [0.1, 0.15) is 0 Å². The van der Waals surface area contributed by atoms with Crippen molar-refractivity contribution in [2.75, 3.05) is 6.67 Å². The highest BCUT2D eigenvalue weighted by Gasteiger charge is 2.80. The molecular weight excluding hydrogens is 222 g/mol. The molecule has 0 radical (unpaired) electrons. The summed E-state index contributed by atoms with van der Waals surface area (Å²) in [6.07, 6.45) is -7.55. The van der Waals surface area contributed by atoms with Crippen LogP contribution in [0.25, 0.3) is 0 Å². The SMILES string of the molecule is O=C1OC(F)(F)C(F)(C(F)(F)CF)O1. The summed E-state index contributed by atoms with van der Waals surface area (Å²) in [6.45, 7) is -2.75. The minimum atomic E-state index is -5.22. The fourth-order valence-electron chi connectivity index (χ4n) is 0.739. The van der Waals surface area contributed by atoms with Crippen LogP contribution in [0, 0.1) is 0 Å². The fourth-order valence-corrected chi connectivity index (χ4v) is 0.739. The van der Waals surface area contributed by atoms with E-state index in [1.54, 1.807) is 0 Å². The van der Waals surface area contributed by atoms with Crippen LogP contribution in [-0.2, 0) is 9.47 Å². The molecule has 1 aliphatic rings. The zero-order chi connectivity index (χ0) is 11.2. The molecule has 9 heteroatoms. The van der Waals surface area contributed by atoms with Gasteiger partial charge in [-0.15, -0.1) is 0 Å². The van der Waals surface area contributed by atoms with Crippen molar-refractivity contribution in [2.45, 2.75) is 17.9 Å². The van der Waals surface area contributed by atoms with E-state index in [1.165, 1.54) is 0 Å². The average molecular weight is 224 g/mol. The molecule has 82 valence electrons. The zero-order valence-corrected chi connectivity index (χ0v) is 6.20. The van der Waals surface area contributed by atoms with E-state index in [4.69, 9.17) is 0 Å². The zero-order valence-electron chi connectivity index (χ0n) is 6.20. The van der Waals surface area contributed by atoms with Crippen LogP contribution in [0.2, 0.25) is 0 Å². The molecule has 0 aromatic carbocycles. The summed E-state index contributed by atoms with van der Waals surface area (Å²) >= 11 is 0. The Bertz CT molecular complexity index is 266. The van der Waals surface area contributed by atoms with Gasteiger partial charge < -0.3 is 9.47 Å². The van der Waals surface area contributed by atoms with E-state index in [0.717, 1.165) is 0 Å². The van der Waals surface area contributed by atoms with E-state index in [-0.39, 0.29) is 0 Å². The molecule has 1 atom stereocenters. The normalized spacial score (nSPS) is 31.1. The molecule has 0 aromatic heterocycles. The summed E-state index contributed by atoms with van der Waals surface area (Å²) in [5.41, 5.74) is 0. The van der Waals surface area contributed by atoms with Gasteiger partial charge in [0, 0.05) is 0 Å². The highest BCUT2D eigenvalue weighted by Crippen LogP contribution is 2.50. The van der Waals surface area contributed by atoms with E-state index < -0.39 is 30.7 Å². The van der Waals surface area contributed by atoms with Gasteiger partial charge in [-0.2, -0.15) is 22.0 Å². The monoisotopic (exact) mass is 224 g/mol. The first-order valence-corrected chi connectivity index (χ1v) is 3.09. The number of carbonyl (C=O) groups excluding carboxylic acids is 1. The van der Waals surface area contributed by atoms with Crippen LogP contribution < -0.4 is 0 Å². The molecular formula is C5H2F6O3. The van der Waals surface area contributed by atoms with Crippen molar-refractivity contribution in [1.29, 1.82) is 0 Å². The van der Waals surface area contributed by atoms with Gasteiger partial charge in [0.15, 0.2) is 6.67 Å². The lowest BCUT2D eigenvalue weighted by Gasteiger charge is -2.26. The number of ether oxygens (including phenoxy) is 2. The third-order valence-corrected chi connectivity index (χ3v) is 1.45. The Balaban J connectivity index is 3.11. The predicted octanol–water partition coefficient (Wildman–Crippen LogP) is 2.02. The molecule has 0 N–H and O–H groups in total. The topological polar surface area (TPSA) is 35.5 Å². The van der Waals surface area contributed by atoms with E-state index in [1.807, 2.05) is 0 Å². The number of hydrogen-bond acceptors (Lipinski definition) is 3. The molecule has 1 aliphatic heterocycles. The lowest BCUT2D eigenvalue weighted by Crippen LogP contribution is -2.56. The molecule has 1 saturated heterocycles. The number of cyclic esters (lactones) is 2. The van der Waals surface area contributed by atoms with E-state index in [0.29, 0.717) is 0 Å². The molecule has 3 nitrogen and oxygen atoms in total. The molecule has 0 bridgehead atoms. The standard InChI is InChI=1S/C5H2F6O3/c6-1-3(7,8)4(9)5(10,11)14-2(12)13-4/h1H2. The summed E-state index contributed by atoms with van der Waals surface area (Å²) in [7, 11) is 0. The quantitative estimate of drug-likeness (QED) is 0.531. The van der Waals surface area contributed by atoms with Gasteiger partial charge in [-0.3, -0.25) is 0 Å². The van der Waals surface area contributed by atoms with Crippen molar-refractivity contribution in [1.82, 2.24) is 0 Å². The first-order valence-electron chi connectivity index (χ1n) is 3.09. The Kier molecular flexibility index (Phi) is 2.09. The Morgan fingerprint density at radius 1 is 1.21 bits per heavy atom. The van der Waals surface area contributed by atoms with Gasteiger partial charge in [0.25, 0.3) is 0 Å². The minimum Gasteiger partial charge on any atom is -0.381 e. The van der Waals surface area contributed by atoms with Crippen molar-refractivity contribution in [3.8, 4) is 0 Å². The van der Waals surface area contributed by atoms with Crippen molar-refractivity contribution in [2.24, 2.45) is 0 Å². The van der Waals surface area contributed by atoms with Crippen LogP contribution in [0.3, 0.4) is 0 Å². The molecule has 0 aromatic rings. The third kappa shape index (κ3) is 1.18. The maximum atomic E-state index is 12.8. The number of alkyl halides is 6. The van der Waals surface area contributed by atoms with E-state index >= 15 is 0 Å². The lowest BCUT2D eigenvalue weighted by molar-refractivity contribution is -0.360. The molecule has 0 amide bonds. The second kappa shape index (κ2) is 2.67. The molecule has 0 saturated carbocycles. The molecule has 14 heavy (non-hydrogen) atoms. The minimum absolute atomic E-state index is 2.33. The van der Waals surface area contributed by atoms with Crippen molar-refractivity contribution >= 4 is 6.16 Å². The molecule has 1 fully saturated rings. The van der Waals surface area contributed by atoms with Gasteiger partial charge in [0.05, 0.1) is 0 Å². The van der Waals surface area contributed by atoms with E-state index in [9.17, 15) is 31.1 Å². The van der Waals surface area contributed by atoms with Gasteiger partial charge in [-0.25, -0.2) is 9.18 Å². The smallest absolute Gasteiger partial charge is 0.381 e. The average Bonchev–Trinajstić information content (AvgIpc) is 2.22. The summed E-state index contributed by atoms with van der Waals surface area (Å²) in [5.74, 6) is -10.3. The summed E-state index contributed by atoms with van der Waals surface area (Å²) < 4.78 is 79.5. The number of hydrogen-bond donors (Lipinski definition) is 0.